The molecule has 0 aromatic carbocycles. The fraction of sp³-hybridized carbons (Fsp3) is 0.818. The van der Waals surface area contributed by atoms with E-state index in [9.17, 15) is 4.79 Å². The van der Waals surface area contributed by atoms with E-state index in [1.54, 1.807) is 6.92 Å². The number of hydrogen-bond acceptors (Lipinski definition) is 3. The van der Waals surface area contributed by atoms with Crippen molar-refractivity contribution in [1.82, 2.24) is 5.32 Å². The number of ether oxygens (including phenoxy) is 1. The molecule has 15 heavy (non-hydrogen) atoms. The summed E-state index contributed by atoms with van der Waals surface area (Å²) < 4.78 is 5.36. The third-order valence-corrected chi connectivity index (χ3v) is 2.81. The van der Waals surface area contributed by atoms with E-state index >= 15 is 0 Å². The lowest BCUT2D eigenvalue weighted by Gasteiger charge is -2.22. The number of carbonyl (C=O) groups is 1. The summed E-state index contributed by atoms with van der Waals surface area (Å²) in [5.74, 6) is -0.0900. The Bertz CT molecular complexity index is 266. The highest BCUT2D eigenvalue weighted by atomic mass is 16.5. The number of nitriles is 1. The second-order valence-electron chi connectivity index (χ2n) is 4.18. The molecule has 0 aromatic rings. The lowest BCUT2D eigenvalue weighted by Crippen LogP contribution is -2.45. The van der Waals surface area contributed by atoms with Gasteiger partial charge >= 0.3 is 0 Å². The first-order chi connectivity index (χ1) is 7.09. The highest BCUT2D eigenvalue weighted by Gasteiger charge is 2.26. The Labute approximate surface area is 90.6 Å². The summed E-state index contributed by atoms with van der Waals surface area (Å²) in [4.78, 5) is 11.6. The van der Waals surface area contributed by atoms with Crippen LogP contribution in [-0.4, -0.2) is 24.2 Å². The van der Waals surface area contributed by atoms with Crippen molar-refractivity contribution in [3.05, 3.63) is 0 Å². The van der Waals surface area contributed by atoms with E-state index in [1.165, 1.54) is 0 Å². The van der Waals surface area contributed by atoms with E-state index in [2.05, 4.69) is 11.4 Å². The van der Waals surface area contributed by atoms with Crippen molar-refractivity contribution in [1.29, 1.82) is 5.26 Å². The first-order valence-electron chi connectivity index (χ1n) is 5.43. The zero-order valence-electron chi connectivity index (χ0n) is 9.38. The average Bonchev–Trinajstić information content (AvgIpc) is 2.70. The Morgan fingerprint density at radius 2 is 2.47 bits per heavy atom. The molecule has 2 atom stereocenters. The van der Waals surface area contributed by atoms with Crippen molar-refractivity contribution < 1.29 is 9.53 Å². The quantitative estimate of drug-likeness (QED) is 0.762. The van der Waals surface area contributed by atoms with Crippen LogP contribution < -0.4 is 5.32 Å². The molecular weight excluding hydrogens is 192 g/mol. The summed E-state index contributed by atoms with van der Waals surface area (Å²) >= 11 is 0. The molecule has 1 fully saturated rings. The van der Waals surface area contributed by atoms with Gasteiger partial charge in [-0.25, -0.2) is 0 Å². The molecule has 0 saturated carbocycles. The average molecular weight is 210 g/mol. The summed E-state index contributed by atoms with van der Waals surface area (Å²) in [6.07, 6.45) is 3.01. The van der Waals surface area contributed by atoms with Gasteiger partial charge in [-0.1, -0.05) is 6.92 Å². The maximum atomic E-state index is 11.6. The Balaban J connectivity index is 2.38. The second kappa shape index (κ2) is 5.13. The number of hydrogen-bond donors (Lipinski definition) is 1. The minimum atomic E-state index is -0.740. The van der Waals surface area contributed by atoms with Crippen molar-refractivity contribution >= 4 is 5.91 Å². The normalized spacial score (nSPS) is 24.2. The van der Waals surface area contributed by atoms with E-state index in [4.69, 9.17) is 10.00 Å². The SMILES string of the molecule is CC[C@@](C)(C#N)NC(=O)C[C@H]1CCCO1. The van der Waals surface area contributed by atoms with Crippen LogP contribution >= 0.6 is 0 Å². The van der Waals surface area contributed by atoms with Gasteiger partial charge in [0.1, 0.15) is 5.54 Å². The molecule has 0 unspecified atom stereocenters. The number of rotatable bonds is 4. The van der Waals surface area contributed by atoms with Gasteiger partial charge in [0.2, 0.25) is 5.91 Å². The molecule has 1 aliphatic rings. The van der Waals surface area contributed by atoms with Crippen molar-refractivity contribution in [3.63, 3.8) is 0 Å². The molecule has 0 aromatic heterocycles. The predicted octanol–water partition coefficient (Wildman–Crippen LogP) is 1.36. The van der Waals surface area contributed by atoms with E-state index in [0.29, 0.717) is 12.8 Å². The first-order valence-corrected chi connectivity index (χ1v) is 5.43. The van der Waals surface area contributed by atoms with Gasteiger partial charge in [-0.2, -0.15) is 5.26 Å². The minimum absolute atomic E-state index is 0.0461. The van der Waals surface area contributed by atoms with Crippen molar-refractivity contribution in [3.8, 4) is 6.07 Å². The summed E-state index contributed by atoms with van der Waals surface area (Å²) in [6.45, 7) is 4.37. The number of nitrogens with zero attached hydrogens (tertiary/aromatic N) is 1. The monoisotopic (exact) mass is 210 g/mol. The maximum absolute atomic E-state index is 11.6. The maximum Gasteiger partial charge on any atom is 0.223 e. The summed E-state index contributed by atoms with van der Waals surface area (Å²) in [7, 11) is 0. The second-order valence-corrected chi connectivity index (χ2v) is 4.18. The molecule has 1 saturated heterocycles. The molecule has 1 rings (SSSR count). The van der Waals surface area contributed by atoms with Crippen LogP contribution in [0.25, 0.3) is 0 Å². The molecule has 4 nitrogen and oxygen atoms in total. The van der Waals surface area contributed by atoms with Crippen LogP contribution in [0.1, 0.15) is 39.5 Å². The van der Waals surface area contributed by atoms with Gasteiger partial charge < -0.3 is 10.1 Å². The van der Waals surface area contributed by atoms with Crippen LogP contribution in [0.2, 0.25) is 0 Å². The molecule has 1 N–H and O–H groups in total. The minimum Gasteiger partial charge on any atom is -0.378 e. The van der Waals surface area contributed by atoms with Gasteiger partial charge in [0, 0.05) is 6.61 Å². The fourth-order valence-corrected chi connectivity index (χ4v) is 1.57. The van der Waals surface area contributed by atoms with Crippen LogP contribution in [0.5, 0.6) is 0 Å². The van der Waals surface area contributed by atoms with Gasteiger partial charge in [0.15, 0.2) is 0 Å². The number of amides is 1. The Morgan fingerprint density at radius 3 is 2.93 bits per heavy atom. The van der Waals surface area contributed by atoms with E-state index < -0.39 is 5.54 Å². The van der Waals surface area contributed by atoms with Crippen LogP contribution in [0.15, 0.2) is 0 Å². The largest absolute Gasteiger partial charge is 0.378 e. The van der Waals surface area contributed by atoms with E-state index in [1.807, 2.05) is 6.92 Å². The van der Waals surface area contributed by atoms with Crippen molar-refractivity contribution in [2.45, 2.75) is 51.2 Å². The molecule has 1 aliphatic heterocycles. The van der Waals surface area contributed by atoms with Gasteiger partial charge in [-0.3, -0.25) is 4.79 Å². The third kappa shape index (κ3) is 3.52. The molecule has 1 heterocycles. The third-order valence-electron chi connectivity index (χ3n) is 2.81. The molecule has 0 aliphatic carbocycles. The lowest BCUT2D eigenvalue weighted by molar-refractivity contribution is -0.124. The van der Waals surface area contributed by atoms with Gasteiger partial charge in [0.05, 0.1) is 18.6 Å². The van der Waals surface area contributed by atoms with Gasteiger partial charge in [-0.05, 0) is 26.2 Å². The smallest absolute Gasteiger partial charge is 0.223 e. The van der Waals surface area contributed by atoms with Crippen LogP contribution in [0, 0.1) is 11.3 Å². The van der Waals surface area contributed by atoms with Gasteiger partial charge in [-0.15, -0.1) is 0 Å². The standard InChI is InChI=1S/C11H18N2O2/c1-3-11(2,8-12)13-10(14)7-9-5-4-6-15-9/h9H,3-7H2,1-2H3,(H,13,14)/t9-,11+/m1/s1. The van der Waals surface area contributed by atoms with Crippen molar-refractivity contribution in [2.75, 3.05) is 6.61 Å². The van der Waals surface area contributed by atoms with Gasteiger partial charge in [0.25, 0.3) is 0 Å². The lowest BCUT2D eigenvalue weighted by atomic mass is 10.0. The molecule has 0 spiro atoms. The fourth-order valence-electron chi connectivity index (χ4n) is 1.57. The highest BCUT2D eigenvalue weighted by Crippen LogP contribution is 2.16. The van der Waals surface area contributed by atoms with Crippen LogP contribution in [0.3, 0.4) is 0 Å². The number of carbonyl (C=O) groups excluding carboxylic acids is 1. The molecule has 1 amide bonds. The first kappa shape index (κ1) is 12.0. The molecule has 0 bridgehead atoms. The van der Waals surface area contributed by atoms with Crippen LogP contribution in [-0.2, 0) is 9.53 Å². The zero-order valence-corrected chi connectivity index (χ0v) is 9.38. The van der Waals surface area contributed by atoms with E-state index in [-0.39, 0.29) is 12.0 Å². The summed E-state index contributed by atoms with van der Waals surface area (Å²) in [5, 5.41) is 11.6. The zero-order chi connectivity index (χ0) is 11.3. The molecule has 84 valence electrons. The van der Waals surface area contributed by atoms with E-state index in [0.717, 1.165) is 19.4 Å². The Hall–Kier alpha value is -1.08. The topological polar surface area (TPSA) is 62.1 Å². The predicted molar refractivity (Wildman–Crippen MR) is 56.0 cm³/mol. The summed E-state index contributed by atoms with van der Waals surface area (Å²) in [5.41, 5.74) is -0.740. The van der Waals surface area contributed by atoms with Crippen molar-refractivity contribution in [2.24, 2.45) is 0 Å². The Morgan fingerprint density at radius 1 is 1.73 bits per heavy atom. The molecule has 0 radical (unpaired) electrons. The highest BCUT2D eigenvalue weighted by molar-refractivity contribution is 5.77. The molecule has 4 heteroatoms. The number of nitrogens with one attached hydrogen (secondary N) is 1. The Kier molecular flexibility index (Phi) is 4.10. The van der Waals surface area contributed by atoms with Crippen LogP contribution in [0.4, 0.5) is 0 Å². The summed E-state index contributed by atoms with van der Waals surface area (Å²) in [6, 6.07) is 2.11. The molecular formula is C11H18N2O2.